The summed E-state index contributed by atoms with van der Waals surface area (Å²) in [6, 6.07) is 10.1. The quantitative estimate of drug-likeness (QED) is 0.687. The van der Waals surface area contributed by atoms with Crippen molar-refractivity contribution in [3.05, 3.63) is 42.9 Å². The number of benzene rings is 1. The summed E-state index contributed by atoms with van der Waals surface area (Å²) in [6.07, 6.45) is 3.36. The first-order chi connectivity index (χ1) is 8.77. The highest BCUT2D eigenvalue weighted by molar-refractivity contribution is 5.88. The van der Waals surface area contributed by atoms with E-state index >= 15 is 0 Å². The van der Waals surface area contributed by atoms with Crippen molar-refractivity contribution in [1.29, 1.82) is 0 Å². The molecule has 0 atom stereocenters. The van der Waals surface area contributed by atoms with Gasteiger partial charge in [0.25, 0.3) is 0 Å². The lowest BCUT2D eigenvalue weighted by Gasteiger charge is -2.18. The van der Waals surface area contributed by atoms with E-state index in [-0.39, 0.29) is 0 Å². The van der Waals surface area contributed by atoms with Crippen LogP contribution in [0.2, 0.25) is 0 Å². The SMILES string of the molecule is CN(c1ccccc1)c1ncnc2c1cnn2C. The van der Waals surface area contributed by atoms with Crippen molar-refractivity contribution in [3.8, 4) is 0 Å². The fourth-order valence-electron chi connectivity index (χ4n) is 1.99. The maximum absolute atomic E-state index is 4.36. The van der Waals surface area contributed by atoms with Crippen LogP contribution < -0.4 is 4.90 Å². The van der Waals surface area contributed by atoms with Crippen LogP contribution in [0.4, 0.5) is 11.5 Å². The highest BCUT2D eigenvalue weighted by atomic mass is 15.3. The molecule has 90 valence electrons. The summed E-state index contributed by atoms with van der Waals surface area (Å²) >= 11 is 0. The van der Waals surface area contributed by atoms with Gasteiger partial charge in [0.05, 0.1) is 11.6 Å². The molecular weight excluding hydrogens is 226 g/mol. The lowest BCUT2D eigenvalue weighted by molar-refractivity contribution is 0.785. The van der Waals surface area contributed by atoms with E-state index in [0.29, 0.717) is 0 Å². The van der Waals surface area contributed by atoms with Crippen LogP contribution in [0.3, 0.4) is 0 Å². The minimum absolute atomic E-state index is 0.836. The lowest BCUT2D eigenvalue weighted by Crippen LogP contribution is -2.11. The summed E-state index contributed by atoms with van der Waals surface area (Å²) in [4.78, 5) is 10.6. The van der Waals surface area contributed by atoms with E-state index < -0.39 is 0 Å². The summed E-state index contributed by atoms with van der Waals surface area (Å²) in [7, 11) is 3.87. The monoisotopic (exact) mass is 239 g/mol. The van der Waals surface area contributed by atoms with Crippen LogP contribution in [0.25, 0.3) is 11.0 Å². The molecule has 3 rings (SSSR count). The molecule has 18 heavy (non-hydrogen) atoms. The molecule has 3 aromatic rings. The molecule has 0 unspecified atom stereocenters. The zero-order valence-corrected chi connectivity index (χ0v) is 10.3. The van der Waals surface area contributed by atoms with Gasteiger partial charge in [-0.2, -0.15) is 5.10 Å². The predicted molar refractivity (Wildman–Crippen MR) is 70.8 cm³/mol. The van der Waals surface area contributed by atoms with E-state index in [1.54, 1.807) is 17.2 Å². The van der Waals surface area contributed by atoms with Gasteiger partial charge in [-0.25, -0.2) is 9.97 Å². The Morgan fingerprint density at radius 2 is 1.89 bits per heavy atom. The average molecular weight is 239 g/mol. The van der Waals surface area contributed by atoms with Gasteiger partial charge in [-0.15, -0.1) is 0 Å². The Morgan fingerprint density at radius 3 is 2.67 bits per heavy atom. The van der Waals surface area contributed by atoms with Gasteiger partial charge in [0.15, 0.2) is 5.65 Å². The Kier molecular flexibility index (Phi) is 2.44. The smallest absolute Gasteiger partial charge is 0.163 e. The Hall–Kier alpha value is -2.43. The number of aromatic nitrogens is 4. The van der Waals surface area contributed by atoms with Gasteiger partial charge < -0.3 is 4.90 Å². The lowest BCUT2D eigenvalue weighted by atomic mass is 10.3. The standard InChI is InChI=1S/C13H13N5/c1-17(10-6-4-3-5-7-10)12-11-8-16-18(2)13(11)15-9-14-12/h3-9H,1-2H3. The second-order valence-electron chi connectivity index (χ2n) is 4.10. The predicted octanol–water partition coefficient (Wildman–Crippen LogP) is 2.13. The number of anilines is 2. The fourth-order valence-corrected chi connectivity index (χ4v) is 1.99. The molecule has 2 aromatic heterocycles. The number of hydrogen-bond acceptors (Lipinski definition) is 4. The van der Waals surface area contributed by atoms with Crippen molar-refractivity contribution in [2.24, 2.45) is 7.05 Å². The third-order valence-corrected chi connectivity index (χ3v) is 2.97. The summed E-state index contributed by atoms with van der Waals surface area (Å²) in [5, 5.41) is 5.17. The molecule has 2 heterocycles. The van der Waals surface area contributed by atoms with Crippen molar-refractivity contribution in [3.63, 3.8) is 0 Å². The first kappa shape index (κ1) is 10.7. The van der Waals surface area contributed by atoms with Crippen LogP contribution in [0.5, 0.6) is 0 Å². The number of para-hydroxylation sites is 1. The van der Waals surface area contributed by atoms with Crippen molar-refractivity contribution < 1.29 is 0 Å². The zero-order chi connectivity index (χ0) is 12.5. The van der Waals surface area contributed by atoms with Gasteiger partial charge in [-0.1, -0.05) is 18.2 Å². The zero-order valence-electron chi connectivity index (χ0n) is 10.3. The Bertz CT molecular complexity index is 674. The second-order valence-corrected chi connectivity index (χ2v) is 4.10. The number of fused-ring (bicyclic) bond motifs is 1. The molecular formula is C13H13N5. The molecule has 0 amide bonds. The summed E-state index contributed by atoms with van der Waals surface area (Å²) in [6.45, 7) is 0. The van der Waals surface area contributed by atoms with E-state index in [1.807, 2.05) is 49.3 Å². The van der Waals surface area contributed by atoms with Crippen molar-refractivity contribution in [2.45, 2.75) is 0 Å². The van der Waals surface area contributed by atoms with Crippen molar-refractivity contribution in [2.75, 3.05) is 11.9 Å². The molecule has 0 aliphatic carbocycles. The van der Waals surface area contributed by atoms with Crippen molar-refractivity contribution in [1.82, 2.24) is 19.7 Å². The Balaban J connectivity index is 2.15. The van der Waals surface area contributed by atoms with Crippen molar-refractivity contribution >= 4 is 22.5 Å². The normalized spacial score (nSPS) is 10.8. The molecule has 0 aliphatic heterocycles. The van der Waals surface area contributed by atoms with Crippen LogP contribution in [-0.4, -0.2) is 26.8 Å². The maximum atomic E-state index is 4.36. The largest absolute Gasteiger partial charge is 0.329 e. The van der Waals surface area contributed by atoms with E-state index in [2.05, 4.69) is 15.1 Å². The van der Waals surface area contributed by atoms with Crippen LogP contribution >= 0.6 is 0 Å². The van der Waals surface area contributed by atoms with Crippen LogP contribution in [-0.2, 0) is 7.05 Å². The topological polar surface area (TPSA) is 46.8 Å². The maximum Gasteiger partial charge on any atom is 0.163 e. The summed E-state index contributed by atoms with van der Waals surface area (Å²) < 4.78 is 1.75. The Morgan fingerprint density at radius 1 is 1.11 bits per heavy atom. The minimum atomic E-state index is 0.836. The highest BCUT2D eigenvalue weighted by Crippen LogP contribution is 2.26. The van der Waals surface area contributed by atoms with Gasteiger partial charge in [0.1, 0.15) is 12.1 Å². The van der Waals surface area contributed by atoms with Gasteiger partial charge in [-0.3, -0.25) is 4.68 Å². The minimum Gasteiger partial charge on any atom is -0.329 e. The number of hydrogen-bond donors (Lipinski definition) is 0. The molecule has 5 heteroatoms. The third kappa shape index (κ3) is 1.60. The summed E-state index contributed by atoms with van der Waals surface area (Å²) in [5.74, 6) is 0.860. The first-order valence-electron chi connectivity index (χ1n) is 5.69. The van der Waals surface area contributed by atoms with Crippen LogP contribution in [0.15, 0.2) is 42.9 Å². The molecule has 0 bridgehead atoms. The number of nitrogens with zero attached hydrogens (tertiary/aromatic N) is 5. The molecule has 5 nitrogen and oxygen atoms in total. The number of rotatable bonds is 2. The Labute approximate surface area is 105 Å². The molecule has 0 fully saturated rings. The van der Waals surface area contributed by atoms with Gasteiger partial charge in [0.2, 0.25) is 0 Å². The molecule has 1 aromatic carbocycles. The third-order valence-electron chi connectivity index (χ3n) is 2.97. The molecule has 0 spiro atoms. The molecule has 0 saturated carbocycles. The van der Waals surface area contributed by atoms with E-state index in [4.69, 9.17) is 0 Å². The molecule has 0 N–H and O–H groups in total. The van der Waals surface area contributed by atoms with E-state index in [9.17, 15) is 0 Å². The van der Waals surface area contributed by atoms with E-state index in [0.717, 1.165) is 22.5 Å². The van der Waals surface area contributed by atoms with Gasteiger partial charge >= 0.3 is 0 Å². The van der Waals surface area contributed by atoms with Gasteiger partial charge in [0, 0.05) is 19.8 Å². The second kappa shape index (κ2) is 4.10. The first-order valence-corrected chi connectivity index (χ1v) is 5.69. The van der Waals surface area contributed by atoms with Crippen LogP contribution in [0.1, 0.15) is 0 Å². The van der Waals surface area contributed by atoms with E-state index in [1.165, 1.54) is 0 Å². The fraction of sp³-hybridized carbons (Fsp3) is 0.154. The van der Waals surface area contributed by atoms with Crippen LogP contribution in [0, 0.1) is 0 Å². The molecule has 0 radical (unpaired) electrons. The van der Waals surface area contributed by atoms with Gasteiger partial charge in [-0.05, 0) is 12.1 Å². The number of aryl methyl sites for hydroxylation is 1. The molecule has 0 aliphatic rings. The summed E-state index contributed by atoms with van der Waals surface area (Å²) in [5.41, 5.74) is 1.92. The average Bonchev–Trinajstić information content (AvgIpc) is 2.81. The molecule has 0 saturated heterocycles. The highest BCUT2D eigenvalue weighted by Gasteiger charge is 2.12.